The number of carbonyl (C=O) groups is 1. The van der Waals surface area contributed by atoms with Crippen molar-refractivity contribution in [3.05, 3.63) is 35.4 Å². The van der Waals surface area contributed by atoms with E-state index in [1.165, 1.54) is 18.2 Å². The van der Waals surface area contributed by atoms with Crippen molar-refractivity contribution < 1.29 is 23.1 Å². The summed E-state index contributed by atoms with van der Waals surface area (Å²) in [5.41, 5.74) is -1.88. The molecule has 0 saturated carbocycles. The Morgan fingerprint density at radius 2 is 1.75 bits per heavy atom. The molecule has 0 heterocycles. The molecule has 2 N–H and O–H groups in total. The summed E-state index contributed by atoms with van der Waals surface area (Å²) in [6, 6.07) is 5.17. The fraction of sp³-hybridized carbons (Fsp3) is 0.500. The van der Waals surface area contributed by atoms with Crippen LogP contribution in [0.25, 0.3) is 0 Å². The van der Waals surface area contributed by atoms with Gasteiger partial charge in [0.25, 0.3) is 0 Å². The molecule has 0 unspecified atom stereocenters. The van der Waals surface area contributed by atoms with Crippen molar-refractivity contribution in [1.82, 2.24) is 5.32 Å². The van der Waals surface area contributed by atoms with Gasteiger partial charge < -0.3 is 5.11 Å². The second-order valence-electron chi connectivity index (χ2n) is 4.60. The van der Waals surface area contributed by atoms with Crippen molar-refractivity contribution in [3.8, 4) is 0 Å². The van der Waals surface area contributed by atoms with Gasteiger partial charge in [-0.05, 0) is 24.5 Å². The first-order chi connectivity index (χ1) is 9.27. The minimum atomic E-state index is -4.44. The van der Waals surface area contributed by atoms with Crippen LogP contribution in [0.2, 0.25) is 0 Å². The zero-order valence-electron chi connectivity index (χ0n) is 11.4. The first kappa shape index (κ1) is 16.5. The molecule has 0 bridgehead atoms. The van der Waals surface area contributed by atoms with E-state index in [1.54, 1.807) is 13.8 Å². The van der Waals surface area contributed by atoms with Crippen molar-refractivity contribution in [2.75, 3.05) is 0 Å². The summed E-state index contributed by atoms with van der Waals surface area (Å²) >= 11 is 0. The predicted octanol–water partition coefficient (Wildman–Crippen LogP) is 3.44. The maximum Gasteiger partial charge on any atom is 0.416 e. The first-order valence-corrected chi connectivity index (χ1v) is 6.40. The number of carboxylic acids is 1. The minimum Gasteiger partial charge on any atom is -0.480 e. The molecular weight excluding hydrogens is 271 g/mol. The molecule has 6 heteroatoms. The molecule has 1 aromatic carbocycles. The molecule has 0 aliphatic carbocycles. The average Bonchev–Trinajstić information content (AvgIpc) is 2.39. The Morgan fingerprint density at radius 1 is 1.20 bits per heavy atom. The van der Waals surface area contributed by atoms with E-state index in [0.29, 0.717) is 12.8 Å². The monoisotopic (exact) mass is 289 g/mol. The molecule has 0 aliphatic rings. The fourth-order valence-corrected chi connectivity index (χ4v) is 2.09. The number of nitrogens with one attached hydrogen (secondary N) is 1. The lowest BCUT2D eigenvalue weighted by atomic mass is 9.92. The van der Waals surface area contributed by atoms with Gasteiger partial charge in [-0.2, -0.15) is 13.2 Å². The SMILES string of the molecule is CCC(CC)(NCc1ccccc1C(F)(F)F)C(=O)O. The molecule has 0 aliphatic heterocycles. The molecule has 3 nitrogen and oxygen atoms in total. The van der Waals surface area contributed by atoms with E-state index < -0.39 is 23.2 Å². The van der Waals surface area contributed by atoms with Crippen molar-refractivity contribution in [3.63, 3.8) is 0 Å². The van der Waals surface area contributed by atoms with Gasteiger partial charge in [0.05, 0.1) is 5.56 Å². The van der Waals surface area contributed by atoms with E-state index in [4.69, 9.17) is 0 Å². The van der Waals surface area contributed by atoms with E-state index in [-0.39, 0.29) is 12.1 Å². The molecule has 0 spiro atoms. The Labute approximate surface area is 115 Å². The third-order valence-corrected chi connectivity index (χ3v) is 3.56. The number of hydrogen-bond donors (Lipinski definition) is 2. The van der Waals surface area contributed by atoms with E-state index in [2.05, 4.69) is 5.32 Å². The van der Waals surface area contributed by atoms with Gasteiger partial charge in [-0.1, -0.05) is 32.0 Å². The molecule has 1 rings (SSSR count). The normalized spacial score (nSPS) is 12.4. The molecule has 112 valence electrons. The maximum atomic E-state index is 12.8. The van der Waals surface area contributed by atoms with E-state index in [1.807, 2.05) is 0 Å². The van der Waals surface area contributed by atoms with Gasteiger partial charge in [0, 0.05) is 6.54 Å². The Kier molecular flexibility index (Phi) is 5.16. The number of aliphatic carboxylic acids is 1. The van der Waals surface area contributed by atoms with E-state index in [9.17, 15) is 23.1 Å². The summed E-state index contributed by atoms with van der Waals surface area (Å²) in [7, 11) is 0. The second-order valence-corrected chi connectivity index (χ2v) is 4.60. The van der Waals surface area contributed by atoms with Crippen LogP contribution in [0.4, 0.5) is 13.2 Å². The summed E-state index contributed by atoms with van der Waals surface area (Å²) in [6.07, 6.45) is -3.84. The molecule has 0 radical (unpaired) electrons. The standard InChI is InChI=1S/C14H18F3NO2/c1-3-13(4-2,12(19)20)18-9-10-7-5-6-8-11(10)14(15,16)17/h5-8,18H,3-4,9H2,1-2H3,(H,19,20). The lowest BCUT2D eigenvalue weighted by Crippen LogP contribution is -2.50. The van der Waals surface area contributed by atoms with Gasteiger partial charge >= 0.3 is 12.1 Å². The molecule has 0 aromatic heterocycles. The minimum absolute atomic E-state index is 0.0486. The lowest BCUT2D eigenvalue weighted by molar-refractivity contribution is -0.145. The lowest BCUT2D eigenvalue weighted by Gasteiger charge is -2.28. The Bertz CT molecular complexity index is 468. The number of halogens is 3. The highest BCUT2D eigenvalue weighted by molar-refractivity contribution is 5.78. The summed E-state index contributed by atoms with van der Waals surface area (Å²) in [5, 5.41) is 12.0. The van der Waals surface area contributed by atoms with Crippen molar-refractivity contribution in [2.24, 2.45) is 0 Å². The highest BCUT2D eigenvalue weighted by Gasteiger charge is 2.36. The summed E-state index contributed by atoms with van der Waals surface area (Å²) in [4.78, 5) is 11.3. The third-order valence-electron chi connectivity index (χ3n) is 3.56. The van der Waals surface area contributed by atoms with Crippen LogP contribution < -0.4 is 5.32 Å². The van der Waals surface area contributed by atoms with E-state index >= 15 is 0 Å². The number of hydrogen-bond acceptors (Lipinski definition) is 2. The van der Waals surface area contributed by atoms with Crippen molar-refractivity contribution >= 4 is 5.97 Å². The van der Waals surface area contributed by atoms with Crippen LogP contribution in [-0.2, 0) is 17.5 Å². The second kappa shape index (κ2) is 6.26. The number of alkyl halides is 3. The molecule has 0 fully saturated rings. The highest BCUT2D eigenvalue weighted by atomic mass is 19.4. The highest BCUT2D eigenvalue weighted by Crippen LogP contribution is 2.32. The number of benzene rings is 1. The molecule has 0 saturated heterocycles. The Hall–Kier alpha value is -1.56. The average molecular weight is 289 g/mol. The van der Waals surface area contributed by atoms with Crippen LogP contribution in [0.1, 0.15) is 37.8 Å². The van der Waals surface area contributed by atoms with Crippen LogP contribution in [0.5, 0.6) is 0 Å². The van der Waals surface area contributed by atoms with Crippen LogP contribution >= 0.6 is 0 Å². The van der Waals surface area contributed by atoms with Gasteiger partial charge in [-0.15, -0.1) is 0 Å². The van der Waals surface area contributed by atoms with Gasteiger partial charge in [0.1, 0.15) is 5.54 Å². The first-order valence-electron chi connectivity index (χ1n) is 6.40. The van der Waals surface area contributed by atoms with Crippen molar-refractivity contribution in [2.45, 2.75) is 44.9 Å². The number of carboxylic acid groups (broad SMARTS) is 1. The van der Waals surface area contributed by atoms with Crippen LogP contribution in [-0.4, -0.2) is 16.6 Å². The van der Waals surface area contributed by atoms with Crippen LogP contribution in [0.15, 0.2) is 24.3 Å². The van der Waals surface area contributed by atoms with Crippen LogP contribution in [0.3, 0.4) is 0 Å². The fourth-order valence-electron chi connectivity index (χ4n) is 2.09. The van der Waals surface area contributed by atoms with Gasteiger partial charge in [-0.3, -0.25) is 10.1 Å². The molecule has 1 aromatic rings. The quantitative estimate of drug-likeness (QED) is 0.843. The van der Waals surface area contributed by atoms with Gasteiger partial charge in [-0.25, -0.2) is 0 Å². The number of rotatable bonds is 6. The third kappa shape index (κ3) is 3.50. The largest absolute Gasteiger partial charge is 0.480 e. The van der Waals surface area contributed by atoms with E-state index in [0.717, 1.165) is 6.07 Å². The topological polar surface area (TPSA) is 49.3 Å². The van der Waals surface area contributed by atoms with Gasteiger partial charge in [0.15, 0.2) is 0 Å². The molecule has 0 atom stereocenters. The Balaban J connectivity index is 2.98. The summed E-state index contributed by atoms with van der Waals surface area (Å²) in [5.74, 6) is -1.05. The Morgan fingerprint density at radius 3 is 2.20 bits per heavy atom. The summed E-state index contributed by atoms with van der Waals surface area (Å²) in [6.45, 7) is 3.25. The summed E-state index contributed by atoms with van der Waals surface area (Å²) < 4.78 is 38.5. The predicted molar refractivity (Wildman–Crippen MR) is 69.2 cm³/mol. The zero-order chi connectivity index (χ0) is 15.4. The molecule has 20 heavy (non-hydrogen) atoms. The zero-order valence-corrected chi connectivity index (χ0v) is 11.4. The van der Waals surface area contributed by atoms with Crippen molar-refractivity contribution in [1.29, 1.82) is 0 Å². The smallest absolute Gasteiger partial charge is 0.416 e. The maximum absolute atomic E-state index is 12.8. The van der Waals surface area contributed by atoms with Gasteiger partial charge in [0.2, 0.25) is 0 Å². The van der Waals surface area contributed by atoms with Crippen LogP contribution in [0, 0.1) is 0 Å². The molecule has 0 amide bonds. The molecular formula is C14H18F3NO2.